The maximum absolute atomic E-state index is 12.7. The van der Waals surface area contributed by atoms with Gasteiger partial charge in [0.05, 0.1) is 5.92 Å². The van der Waals surface area contributed by atoms with Crippen molar-refractivity contribution >= 4 is 35.1 Å². The van der Waals surface area contributed by atoms with Gasteiger partial charge in [0.25, 0.3) is 5.91 Å². The van der Waals surface area contributed by atoms with Gasteiger partial charge in [-0.25, -0.2) is 0 Å². The number of H-pyrrole nitrogens is 1. The van der Waals surface area contributed by atoms with E-state index in [1.807, 2.05) is 40.1 Å². The Morgan fingerprint density at radius 2 is 1.77 bits per heavy atom. The summed E-state index contributed by atoms with van der Waals surface area (Å²) in [5, 5.41) is 4.35. The summed E-state index contributed by atoms with van der Waals surface area (Å²) in [5.74, 6) is 0.359. The highest BCUT2D eigenvalue weighted by Crippen LogP contribution is 2.18. The SMILES string of the molecule is Cl.O=C(c1cc2ccccc2[nH]1)N1CCN(C(=O)C2CCCNC2)CC1. The van der Waals surface area contributed by atoms with Crippen molar-refractivity contribution in [3.63, 3.8) is 0 Å². The van der Waals surface area contributed by atoms with E-state index in [9.17, 15) is 9.59 Å². The van der Waals surface area contributed by atoms with Gasteiger partial charge < -0.3 is 20.1 Å². The van der Waals surface area contributed by atoms with E-state index in [0.717, 1.165) is 36.8 Å². The highest BCUT2D eigenvalue weighted by Gasteiger charge is 2.30. The number of nitrogens with one attached hydrogen (secondary N) is 2. The lowest BCUT2D eigenvalue weighted by atomic mass is 9.98. The molecular weight excluding hydrogens is 352 g/mol. The predicted octanol–water partition coefficient (Wildman–Crippen LogP) is 1.87. The minimum Gasteiger partial charge on any atom is -0.351 e. The number of aromatic nitrogens is 1. The highest BCUT2D eigenvalue weighted by molar-refractivity contribution is 5.98. The molecule has 2 aromatic rings. The lowest BCUT2D eigenvalue weighted by molar-refractivity contribution is -0.137. The van der Waals surface area contributed by atoms with Crippen LogP contribution in [-0.4, -0.2) is 65.9 Å². The van der Waals surface area contributed by atoms with Gasteiger partial charge in [-0.2, -0.15) is 0 Å². The number of piperazine rings is 1. The van der Waals surface area contributed by atoms with E-state index in [1.165, 1.54) is 0 Å². The van der Waals surface area contributed by atoms with Crippen molar-refractivity contribution in [2.45, 2.75) is 12.8 Å². The first kappa shape index (κ1) is 18.7. The highest BCUT2D eigenvalue weighted by atomic mass is 35.5. The van der Waals surface area contributed by atoms with E-state index < -0.39 is 0 Å². The largest absolute Gasteiger partial charge is 0.351 e. The van der Waals surface area contributed by atoms with Crippen LogP contribution in [0, 0.1) is 5.92 Å². The lowest BCUT2D eigenvalue weighted by Crippen LogP contribution is -2.53. The van der Waals surface area contributed by atoms with Gasteiger partial charge in [-0.15, -0.1) is 12.4 Å². The third-order valence-corrected chi connectivity index (χ3v) is 5.29. The van der Waals surface area contributed by atoms with Crippen molar-refractivity contribution in [1.29, 1.82) is 0 Å². The number of fused-ring (bicyclic) bond motifs is 1. The summed E-state index contributed by atoms with van der Waals surface area (Å²) >= 11 is 0. The smallest absolute Gasteiger partial charge is 0.270 e. The Kier molecular flexibility index (Phi) is 5.84. The summed E-state index contributed by atoms with van der Waals surface area (Å²) in [6.45, 7) is 4.24. The molecule has 1 aromatic carbocycles. The number of para-hydroxylation sites is 1. The normalized spacial score (nSPS) is 20.7. The third kappa shape index (κ3) is 3.71. The number of hydrogen-bond donors (Lipinski definition) is 2. The van der Waals surface area contributed by atoms with Gasteiger partial charge in [-0.3, -0.25) is 9.59 Å². The molecule has 1 aromatic heterocycles. The summed E-state index contributed by atoms with van der Waals surface area (Å²) in [4.78, 5) is 32.3. The molecule has 7 heteroatoms. The lowest BCUT2D eigenvalue weighted by Gasteiger charge is -2.37. The Morgan fingerprint density at radius 1 is 1.04 bits per heavy atom. The zero-order valence-corrected chi connectivity index (χ0v) is 15.6. The van der Waals surface area contributed by atoms with Crippen LogP contribution in [0.1, 0.15) is 23.3 Å². The molecular formula is C19H25ClN4O2. The van der Waals surface area contributed by atoms with Crippen LogP contribution in [0.25, 0.3) is 10.9 Å². The Morgan fingerprint density at radius 3 is 2.46 bits per heavy atom. The number of rotatable bonds is 2. The van der Waals surface area contributed by atoms with Crippen molar-refractivity contribution in [3.05, 3.63) is 36.0 Å². The number of hydrogen-bond acceptors (Lipinski definition) is 3. The summed E-state index contributed by atoms with van der Waals surface area (Å²) in [7, 11) is 0. The summed E-state index contributed by atoms with van der Waals surface area (Å²) < 4.78 is 0. The maximum atomic E-state index is 12.7. The molecule has 1 atom stereocenters. The van der Waals surface area contributed by atoms with Gasteiger partial charge in [0.2, 0.25) is 5.91 Å². The fraction of sp³-hybridized carbons (Fsp3) is 0.474. The minimum atomic E-state index is 0. The Labute approximate surface area is 159 Å². The molecule has 26 heavy (non-hydrogen) atoms. The Balaban J connectivity index is 0.00000196. The molecule has 2 fully saturated rings. The van der Waals surface area contributed by atoms with Gasteiger partial charge in [-0.05, 0) is 31.5 Å². The quantitative estimate of drug-likeness (QED) is 0.840. The molecule has 2 aliphatic heterocycles. The van der Waals surface area contributed by atoms with Crippen molar-refractivity contribution in [3.8, 4) is 0 Å². The molecule has 0 bridgehead atoms. The Hall–Kier alpha value is -2.05. The number of halogens is 1. The van der Waals surface area contributed by atoms with E-state index in [2.05, 4.69) is 10.3 Å². The van der Waals surface area contributed by atoms with Crippen LogP contribution in [0.5, 0.6) is 0 Å². The first-order chi connectivity index (χ1) is 12.2. The monoisotopic (exact) mass is 376 g/mol. The first-order valence-electron chi connectivity index (χ1n) is 9.09. The molecule has 2 amide bonds. The summed E-state index contributed by atoms with van der Waals surface area (Å²) in [6.07, 6.45) is 2.04. The van der Waals surface area contributed by atoms with E-state index in [-0.39, 0.29) is 30.1 Å². The molecule has 1 unspecified atom stereocenters. The average molecular weight is 377 g/mol. The molecule has 0 radical (unpaired) electrons. The molecule has 0 saturated carbocycles. The number of nitrogens with zero attached hydrogens (tertiary/aromatic N) is 2. The molecule has 0 aliphatic carbocycles. The van der Waals surface area contributed by atoms with Crippen LogP contribution in [0.2, 0.25) is 0 Å². The topological polar surface area (TPSA) is 68.4 Å². The second-order valence-corrected chi connectivity index (χ2v) is 6.93. The number of aromatic amines is 1. The van der Waals surface area contributed by atoms with Crippen LogP contribution < -0.4 is 5.32 Å². The molecule has 2 N–H and O–H groups in total. The Bertz CT molecular complexity index is 744. The molecule has 4 rings (SSSR count). The first-order valence-corrected chi connectivity index (χ1v) is 9.09. The van der Waals surface area contributed by atoms with Crippen LogP contribution in [0.15, 0.2) is 30.3 Å². The van der Waals surface area contributed by atoms with Crippen molar-refractivity contribution < 1.29 is 9.59 Å². The summed E-state index contributed by atoms with van der Waals surface area (Å²) in [6, 6.07) is 9.80. The second-order valence-electron chi connectivity index (χ2n) is 6.93. The zero-order chi connectivity index (χ0) is 17.2. The maximum Gasteiger partial charge on any atom is 0.270 e. The fourth-order valence-corrected chi connectivity index (χ4v) is 3.81. The van der Waals surface area contributed by atoms with E-state index in [4.69, 9.17) is 0 Å². The summed E-state index contributed by atoms with van der Waals surface area (Å²) in [5.41, 5.74) is 1.60. The third-order valence-electron chi connectivity index (χ3n) is 5.29. The molecule has 6 nitrogen and oxygen atoms in total. The number of benzene rings is 1. The molecule has 140 valence electrons. The molecule has 0 spiro atoms. The number of amides is 2. The van der Waals surface area contributed by atoms with Gasteiger partial charge >= 0.3 is 0 Å². The predicted molar refractivity (Wildman–Crippen MR) is 104 cm³/mol. The van der Waals surface area contributed by atoms with Crippen LogP contribution in [0.4, 0.5) is 0 Å². The minimum absolute atomic E-state index is 0. The van der Waals surface area contributed by atoms with Crippen molar-refractivity contribution in [1.82, 2.24) is 20.1 Å². The van der Waals surface area contributed by atoms with E-state index >= 15 is 0 Å². The average Bonchev–Trinajstić information content (AvgIpc) is 3.12. The standard InChI is InChI=1S/C19H24N4O2.ClH/c24-18(15-5-3-7-20-13-15)22-8-10-23(11-9-22)19(25)17-12-14-4-1-2-6-16(14)21-17;/h1-2,4,6,12,15,20-21H,3,5,7-11,13H2;1H. The van der Waals surface area contributed by atoms with Crippen molar-refractivity contribution in [2.75, 3.05) is 39.3 Å². The molecule has 2 saturated heterocycles. The number of piperidine rings is 1. The zero-order valence-electron chi connectivity index (χ0n) is 14.7. The van der Waals surface area contributed by atoms with E-state index in [0.29, 0.717) is 31.9 Å². The van der Waals surface area contributed by atoms with Crippen molar-refractivity contribution in [2.24, 2.45) is 5.92 Å². The number of carbonyl (C=O) groups excluding carboxylic acids is 2. The molecule has 3 heterocycles. The van der Waals surface area contributed by atoms with E-state index in [1.54, 1.807) is 0 Å². The number of carbonyl (C=O) groups is 2. The van der Waals surface area contributed by atoms with Crippen LogP contribution in [-0.2, 0) is 4.79 Å². The van der Waals surface area contributed by atoms with Crippen LogP contribution >= 0.6 is 12.4 Å². The second kappa shape index (κ2) is 8.10. The fourth-order valence-electron chi connectivity index (χ4n) is 3.81. The van der Waals surface area contributed by atoms with Gasteiger partial charge in [0.15, 0.2) is 0 Å². The molecule has 2 aliphatic rings. The van der Waals surface area contributed by atoms with Crippen LogP contribution in [0.3, 0.4) is 0 Å². The van der Waals surface area contributed by atoms with Gasteiger partial charge in [-0.1, -0.05) is 18.2 Å². The van der Waals surface area contributed by atoms with Gasteiger partial charge in [0.1, 0.15) is 5.69 Å². The van der Waals surface area contributed by atoms with Gasteiger partial charge in [0, 0.05) is 43.6 Å².